The smallest absolute Gasteiger partial charge is 0.0900 e. The highest BCUT2D eigenvalue weighted by Gasteiger charge is 2.10. The number of nitrogen functional groups attached to an aromatic ring is 1. The van der Waals surface area contributed by atoms with E-state index >= 15 is 0 Å². The molecule has 4 heteroatoms. The number of hydrogen-bond acceptors (Lipinski definition) is 4. The third-order valence-corrected chi connectivity index (χ3v) is 3.90. The van der Waals surface area contributed by atoms with Crippen LogP contribution in [0.4, 0.5) is 5.69 Å². The van der Waals surface area contributed by atoms with Crippen LogP contribution in [0.2, 0.25) is 0 Å². The SMILES string of the molecule is Nc1cccc(-c2cc(-c3ccccn3)nc(-c3ccccn3)c2)c1. The molecule has 0 aliphatic carbocycles. The Balaban J connectivity index is 1.92. The van der Waals surface area contributed by atoms with Gasteiger partial charge in [-0.1, -0.05) is 24.3 Å². The molecule has 1 aromatic carbocycles. The van der Waals surface area contributed by atoms with Crippen molar-refractivity contribution in [3.8, 4) is 33.9 Å². The number of pyridine rings is 3. The lowest BCUT2D eigenvalue weighted by atomic mass is 10.0. The van der Waals surface area contributed by atoms with Gasteiger partial charge in [0, 0.05) is 18.1 Å². The van der Waals surface area contributed by atoms with Crippen LogP contribution in [0.3, 0.4) is 0 Å². The van der Waals surface area contributed by atoms with E-state index in [0.717, 1.165) is 39.6 Å². The topological polar surface area (TPSA) is 64.7 Å². The van der Waals surface area contributed by atoms with Crippen LogP contribution in [0.25, 0.3) is 33.9 Å². The molecule has 0 bridgehead atoms. The molecule has 0 saturated carbocycles. The van der Waals surface area contributed by atoms with Gasteiger partial charge in [0.25, 0.3) is 0 Å². The molecule has 25 heavy (non-hydrogen) atoms. The first kappa shape index (κ1) is 15.0. The van der Waals surface area contributed by atoms with Gasteiger partial charge in [-0.25, -0.2) is 4.98 Å². The molecule has 0 radical (unpaired) electrons. The van der Waals surface area contributed by atoms with Crippen LogP contribution < -0.4 is 5.73 Å². The fourth-order valence-electron chi connectivity index (χ4n) is 2.71. The zero-order chi connectivity index (χ0) is 17.1. The molecule has 4 rings (SSSR count). The molecule has 0 atom stereocenters. The van der Waals surface area contributed by atoms with E-state index in [0.29, 0.717) is 0 Å². The normalized spacial score (nSPS) is 10.6. The van der Waals surface area contributed by atoms with Crippen molar-refractivity contribution in [2.75, 3.05) is 5.73 Å². The van der Waals surface area contributed by atoms with E-state index in [-0.39, 0.29) is 0 Å². The van der Waals surface area contributed by atoms with Gasteiger partial charge in [0.2, 0.25) is 0 Å². The second-order valence-electron chi connectivity index (χ2n) is 5.68. The minimum Gasteiger partial charge on any atom is -0.399 e. The Hall–Kier alpha value is -3.53. The van der Waals surface area contributed by atoms with Crippen molar-refractivity contribution in [3.05, 3.63) is 85.2 Å². The van der Waals surface area contributed by atoms with Gasteiger partial charge in [-0.3, -0.25) is 9.97 Å². The van der Waals surface area contributed by atoms with Gasteiger partial charge in [-0.05, 0) is 59.7 Å². The fourth-order valence-corrected chi connectivity index (χ4v) is 2.71. The van der Waals surface area contributed by atoms with Gasteiger partial charge in [0.15, 0.2) is 0 Å². The zero-order valence-corrected chi connectivity index (χ0v) is 13.5. The van der Waals surface area contributed by atoms with Crippen molar-refractivity contribution in [3.63, 3.8) is 0 Å². The summed E-state index contributed by atoms with van der Waals surface area (Å²) >= 11 is 0. The third-order valence-electron chi connectivity index (χ3n) is 3.90. The predicted octanol–water partition coefficient (Wildman–Crippen LogP) is 4.45. The molecule has 3 heterocycles. The second-order valence-corrected chi connectivity index (χ2v) is 5.68. The van der Waals surface area contributed by atoms with Crippen molar-refractivity contribution in [1.82, 2.24) is 15.0 Å². The summed E-state index contributed by atoms with van der Waals surface area (Å²) < 4.78 is 0. The van der Waals surface area contributed by atoms with Crippen LogP contribution in [-0.2, 0) is 0 Å². The van der Waals surface area contributed by atoms with Crippen LogP contribution in [-0.4, -0.2) is 15.0 Å². The average Bonchev–Trinajstić information content (AvgIpc) is 2.69. The molecule has 0 unspecified atom stereocenters. The summed E-state index contributed by atoms with van der Waals surface area (Å²) in [4.78, 5) is 13.6. The highest BCUT2D eigenvalue weighted by Crippen LogP contribution is 2.29. The maximum atomic E-state index is 5.95. The largest absolute Gasteiger partial charge is 0.399 e. The van der Waals surface area contributed by atoms with E-state index in [1.165, 1.54) is 0 Å². The van der Waals surface area contributed by atoms with Gasteiger partial charge in [0.1, 0.15) is 0 Å². The van der Waals surface area contributed by atoms with Crippen LogP contribution >= 0.6 is 0 Å². The standard InChI is InChI=1S/C21H16N4/c22-17-7-5-6-15(12-17)16-13-20(18-8-1-3-10-23-18)25-21(14-16)19-9-2-4-11-24-19/h1-14H,22H2. The molecular weight excluding hydrogens is 308 g/mol. The molecule has 3 aromatic heterocycles. The summed E-state index contributed by atoms with van der Waals surface area (Å²) in [6.45, 7) is 0. The first-order valence-electron chi connectivity index (χ1n) is 8.00. The number of aromatic nitrogens is 3. The van der Waals surface area contributed by atoms with E-state index in [9.17, 15) is 0 Å². The van der Waals surface area contributed by atoms with E-state index < -0.39 is 0 Å². The van der Waals surface area contributed by atoms with Crippen molar-refractivity contribution >= 4 is 5.69 Å². The lowest BCUT2D eigenvalue weighted by Crippen LogP contribution is -1.94. The Morgan fingerprint density at radius 3 is 1.72 bits per heavy atom. The first-order valence-corrected chi connectivity index (χ1v) is 8.00. The quantitative estimate of drug-likeness (QED) is 0.565. The van der Waals surface area contributed by atoms with Crippen molar-refractivity contribution in [1.29, 1.82) is 0 Å². The number of benzene rings is 1. The lowest BCUT2D eigenvalue weighted by Gasteiger charge is -2.09. The zero-order valence-electron chi connectivity index (χ0n) is 13.5. The molecule has 4 nitrogen and oxygen atoms in total. The van der Waals surface area contributed by atoms with Crippen LogP contribution in [0.5, 0.6) is 0 Å². The molecule has 4 aromatic rings. The van der Waals surface area contributed by atoms with Crippen molar-refractivity contribution in [2.24, 2.45) is 0 Å². The molecule has 0 amide bonds. The summed E-state index contributed by atoms with van der Waals surface area (Å²) in [5, 5.41) is 0. The summed E-state index contributed by atoms with van der Waals surface area (Å²) in [6.07, 6.45) is 3.54. The van der Waals surface area contributed by atoms with Gasteiger partial charge in [-0.2, -0.15) is 0 Å². The molecule has 0 spiro atoms. The molecule has 0 fully saturated rings. The van der Waals surface area contributed by atoms with Crippen LogP contribution in [0.1, 0.15) is 0 Å². The van der Waals surface area contributed by atoms with Crippen molar-refractivity contribution < 1.29 is 0 Å². The Kier molecular flexibility index (Phi) is 3.92. The fraction of sp³-hybridized carbons (Fsp3) is 0. The minimum atomic E-state index is 0.730. The summed E-state index contributed by atoms with van der Waals surface area (Å²) in [5.41, 5.74) is 12.0. The Labute approximate surface area is 146 Å². The average molecular weight is 324 g/mol. The Morgan fingerprint density at radius 2 is 1.20 bits per heavy atom. The van der Waals surface area contributed by atoms with E-state index in [4.69, 9.17) is 10.7 Å². The van der Waals surface area contributed by atoms with E-state index in [1.54, 1.807) is 12.4 Å². The van der Waals surface area contributed by atoms with Crippen LogP contribution in [0, 0.1) is 0 Å². The molecule has 0 aliphatic heterocycles. The highest BCUT2D eigenvalue weighted by atomic mass is 14.8. The van der Waals surface area contributed by atoms with Gasteiger partial charge in [-0.15, -0.1) is 0 Å². The first-order chi connectivity index (χ1) is 12.3. The predicted molar refractivity (Wildman–Crippen MR) is 101 cm³/mol. The molecule has 120 valence electrons. The third kappa shape index (κ3) is 3.23. The molecule has 0 aliphatic rings. The maximum absolute atomic E-state index is 5.95. The number of anilines is 1. The molecule has 2 N–H and O–H groups in total. The van der Waals surface area contributed by atoms with Gasteiger partial charge in [0.05, 0.1) is 22.8 Å². The van der Waals surface area contributed by atoms with Gasteiger partial charge < -0.3 is 5.73 Å². The minimum absolute atomic E-state index is 0.730. The van der Waals surface area contributed by atoms with Crippen LogP contribution in [0.15, 0.2) is 85.2 Å². The molecular formula is C21H16N4. The summed E-state index contributed by atoms with van der Waals surface area (Å²) in [5.74, 6) is 0. The monoisotopic (exact) mass is 324 g/mol. The Bertz CT molecular complexity index is 941. The summed E-state index contributed by atoms with van der Waals surface area (Å²) in [7, 11) is 0. The highest BCUT2D eigenvalue weighted by molar-refractivity contribution is 5.76. The Morgan fingerprint density at radius 1 is 0.560 bits per heavy atom. The maximum Gasteiger partial charge on any atom is 0.0900 e. The number of rotatable bonds is 3. The number of nitrogens with zero attached hydrogens (tertiary/aromatic N) is 3. The lowest BCUT2D eigenvalue weighted by molar-refractivity contribution is 1.22. The van der Waals surface area contributed by atoms with Gasteiger partial charge >= 0.3 is 0 Å². The second kappa shape index (κ2) is 6.53. The number of hydrogen-bond donors (Lipinski definition) is 1. The number of nitrogens with two attached hydrogens (primary N) is 1. The molecule has 0 saturated heterocycles. The summed E-state index contributed by atoms with van der Waals surface area (Å²) in [6, 6.07) is 23.5. The van der Waals surface area contributed by atoms with E-state index in [1.807, 2.05) is 72.8 Å². The van der Waals surface area contributed by atoms with E-state index in [2.05, 4.69) is 9.97 Å². The van der Waals surface area contributed by atoms with Crippen molar-refractivity contribution in [2.45, 2.75) is 0 Å².